The maximum atomic E-state index is 12.3. The number of nitrogens with one attached hydrogen (secondary N) is 1. The van der Waals surface area contributed by atoms with E-state index in [2.05, 4.69) is 16.4 Å². The van der Waals surface area contributed by atoms with Crippen LogP contribution in [0, 0.1) is 0 Å². The molecule has 2 amide bonds. The fourth-order valence-corrected chi connectivity index (χ4v) is 4.56. The highest BCUT2D eigenvalue weighted by Crippen LogP contribution is 2.31. The Bertz CT molecular complexity index is 1250. The third kappa shape index (κ3) is 3.59. The SMILES string of the molecule is O=C(COc1ccc(N2CCCC2=O)cc1)Nc1nc2c(ccc3ccccc32)s1. The maximum Gasteiger partial charge on any atom is 0.264 e. The van der Waals surface area contributed by atoms with Crippen molar-refractivity contribution in [1.29, 1.82) is 0 Å². The number of carbonyl (C=O) groups excluding carboxylic acids is 2. The molecule has 6 nitrogen and oxygen atoms in total. The van der Waals surface area contributed by atoms with Crippen molar-refractivity contribution in [3.8, 4) is 5.75 Å². The van der Waals surface area contributed by atoms with Gasteiger partial charge in [-0.05, 0) is 42.1 Å². The van der Waals surface area contributed by atoms with Crippen LogP contribution in [-0.4, -0.2) is 29.9 Å². The molecule has 2 heterocycles. The zero-order valence-corrected chi connectivity index (χ0v) is 16.9. The average molecular weight is 417 g/mol. The highest BCUT2D eigenvalue weighted by Gasteiger charge is 2.21. The summed E-state index contributed by atoms with van der Waals surface area (Å²) >= 11 is 1.44. The summed E-state index contributed by atoms with van der Waals surface area (Å²) in [5.74, 6) is 0.458. The van der Waals surface area contributed by atoms with Gasteiger partial charge in [0.05, 0.1) is 10.2 Å². The fraction of sp³-hybridized carbons (Fsp3) is 0.174. The molecule has 0 radical (unpaired) electrons. The number of rotatable bonds is 5. The van der Waals surface area contributed by atoms with Gasteiger partial charge in [0.2, 0.25) is 5.91 Å². The number of amides is 2. The van der Waals surface area contributed by atoms with Gasteiger partial charge in [0.15, 0.2) is 11.7 Å². The van der Waals surface area contributed by atoms with Gasteiger partial charge in [0.1, 0.15) is 5.75 Å². The lowest BCUT2D eigenvalue weighted by Crippen LogP contribution is -2.23. The predicted molar refractivity (Wildman–Crippen MR) is 119 cm³/mol. The van der Waals surface area contributed by atoms with Gasteiger partial charge < -0.3 is 9.64 Å². The van der Waals surface area contributed by atoms with E-state index in [9.17, 15) is 9.59 Å². The van der Waals surface area contributed by atoms with Crippen LogP contribution in [0.1, 0.15) is 12.8 Å². The minimum atomic E-state index is -0.267. The molecule has 7 heteroatoms. The average Bonchev–Trinajstić information content (AvgIpc) is 3.38. The lowest BCUT2D eigenvalue weighted by Gasteiger charge is -2.16. The number of carbonyl (C=O) groups is 2. The number of aromatic nitrogens is 1. The van der Waals surface area contributed by atoms with Crippen LogP contribution >= 0.6 is 11.3 Å². The Morgan fingerprint density at radius 3 is 2.73 bits per heavy atom. The highest BCUT2D eigenvalue weighted by molar-refractivity contribution is 7.22. The number of anilines is 2. The van der Waals surface area contributed by atoms with Crippen LogP contribution in [0.25, 0.3) is 21.0 Å². The van der Waals surface area contributed by atoms with Crippen molar-refractivity contribution in [3.63, 3.8) is 0 Å². The van der Waals surface area contributed by atoms with E-state index in [1.165, 1.54) is 11.3 Å². The van der Waals surface area contributed by atoms with Gasteiger partial charge in [-0.3, -0.25) is 14.9 Å². The molecule has 1 fully saturated rings. The predicted octanol–water partition coefficient (Wildman–Crippen LogP) is 4.59. The fourth-order valence-electron chi connectivity index (χ4n) is 3.66. The second-order valence-corrected chi connectivity index (χ2v) is 8.16. The maximum absolute atomic E-state index is 12.3. The summed E-state index contributed by atoms with van der Waals surface area (Å²) in [7, 11) is 0. The summed E-state index contributed by atoms with van der Waals surface area (Å²) in [6.07, 6.45) is 1.48. The second-order valence-electron chi connectivity index (χ2n) is 7.13. The van der Waals surface area contributed by atoms with E-state index in [1.54, 1.807) is 17.0 Å². The first kappa shape index (κ1) is 18.6. The van der Waals surface area contributed by atoms with Crippen molar-refractivity contribution in [2.24, 2.45) is 0 Å². The molecule has 1 saturated heterocycles. The number of thiazole rings is 1. The molecule has 0 atom stereocenters. The van der Waals surface area contributed by atoms with E-state index >= 15 is 0 Å². The summed E-state index contributed by atoms with van der Waals surface area (Å²) in [5, 5.41) is 5.56. The number of benzene rings is 3. The summed E-state index contributed by atoms with van der Waals surface area (Å²) in [5.41, 5.74) is 1.75. The molecule has 4 aromatic rings. The molecule has 0 bridgehead atoms. The Kier molecular flexibility index (Phi) is 4.80. The molecule has 0 unspecified atom stereocenters. The van der Waals surface area contributed by atoms with Crippen LogP contribution in [0.15, 0.2) is 60.7 Å². The molecule has 150 valence electrons. The third-order valence-electron chi connectivity index (χ3n) is 5.12. The van der Waals surface area contributed by atoms with Crippen molar-refractivity contribution < 1.29 is 14.3 Å². The van der Waals surface area contributed by atoms with Crippen LogP contribution in [-0.2, 0) is 9.59 Å². The molecule has 3 aromatic carbocycles. The molecule has 1 N–H and O–H groups in total. The minimum absolute atomic E-state index is 0.112. The molecular formula is C23H19N3O3S. The van der Waals surface area contributed by atoms with E-state index < -0.39 is 0 Å². The van der Waals surface area contributed by atoms with Crippen LogP contribution in [0.2, 0.25) is 0 Å². The van der Waals surface area contributed by atoms with Crippen LogP contribution in [0.5, 0.6) is 5.75 Å². The van der Waals surface area contributed by atoms with Gasteiger partial charge >= 0.3 is 0 Å². The number of hydrogen-bond donors (Lipinski definition) is 1. The van der Waals surface area contributed by atoms with Crippen LogP contribution in [0.3, 0.4) is 0 Å². The first-order chi connectivity index (χ1) is 14.7. The minimum Gasteiger partial charge on any atom is -0.484 e. The third-order valence-corrected chi connectivity index (χ3v) is 6.06. The van der Waals surface area contributed by atoms with Crippen molar-refractivity contribution >= 4 is 55.0 Å². The second kappa shape index (κ2) is 7.76. The highest BCUT2D eigenvalue weighted by atomic mass is 32.1. The van der Waals surface area contributed by atoms with Gasteiger partial charge in [-0.1, -0.05) is 41.7 Å². The van der Waals surface area contributed by atoms with Gasteiger partial charge in [-0.25, -0.2) is 4.98 Å². The number of fused-ring (bicyclic) bond motifs is 3. The zero-order valence-electron chi connectivity index (χ0n) is 16.1. The van der Waals surface area contributed by atoms with E-state index in [1.807, 2.05) is 42.5 Å². The van der Waals surface area contributed by atoms with Crippen molar-refractivity contribution in [1.82, 2.24) is 4.98 Å². The summed E-state index contributed by atoms with van der Waals surface area (Å²) in [6, 6.07) is 19.4. The molecule has 0 spiro atoms. The monoisotopic (exact) mass is 417 g/mol. The molecule has 0 saturated carbocycles. The first-order valence-electron chi connectivity index (χ1n) is 9.79. The van der Waals surface area contributed by atoms with E-state index in [4.69, 9.17) is 4.74 Å². The standard InChI is InChI=1S/C23H19N3O3S/c27-20(14-29-17-10-8-16(9-11-17)26-13-3-6-21(26)28)24-23-25-22-18-5-2-1-4-15(18)7-12-19(22)30-23/h1-2,4-5,7-12H,3,6,13-14H2,(H,24,25,27). The lowest BCUT2D eigenvalue weighted by molar-refractivity contribution is -0.118. The topological polar surface area (TPSA) is 71.5 Å². The number of ether oxygens (including phenoxy) is 1. The Labute approximate surface area is 177 Å². The van der Waals surface area contributed by atoms with E-state index in [0.29, 0.717) is 17.3 Å². The number of hydrogen-bond acceptors (Lipinski definition) is 5. The van der Waals surface area contributed by atoms with Gasteiger partial charge in [-0.15, -0.1) is 0 Å². The molecule has 0 aliphatic carbocycles. The molecule has 1 aliphatic heterocycles. The van der Waals surface area contributed by atoms with E-state index in [0.717, 1.165) is 39.6 Å². The molecule has 1 aromatic heterocycles. The van der Waals surface area contributed by atoms with E-state index in [-0.39, 0.29) is 18.4 Å². The molecule has 5 rings (SSSR count). The Morgan fingerprint density at radius 2 is 1.93 bits per heavy atom. The van der Waals surface area contributed by atoms with Crippen LogP contribution < -0.4 is 15.0 Å². The van der Waals surface area contributed by atoms with Gasteiger partial charge in [0, 0.05) is 24.0 Å². The zero-order chi connectivity index (χ0) is 20.5. The summed E-state index contributed by atoms with van der Waals surface area (Å²) in [6.45, 7) is 0.636. The Hall–Kier alpha value is -3.45. The van der Waals surface area contributed by atoms with Crippen molar-refractivity contribution in [2.75, 3.05) is 23.4 Å². The van der Waals surface area contributed by atoms with Crippen molar-refractivity contribution in [2.45, 2.75) is 12.8 Å². The molecule has 1 aliphatic rings. The first-order valence-corrected chi connectivity index (χ1v) is 10.6. The van der Waals surface area contributed by atoms with Gasteiger partial charge in [-0.2, -0.15) is 0 Å². The Morgan fingerprint density at radius 1 is 1.10 bits per heavy atom. The van der Waals surface area contributed by atoms with Crippen LogP contribution in [0.4, 0.5) is 10.8 Å². The Balaban J connectivity index is 1.23. The van der Waals surface area contributed by atoms with Gasteiger partial charge in [0.25, 0.3) is 5.91 Å². The number of nitrogens with zero attached hydrogens (tertiary/aromatic N) is 2. The largest absolute Gasteiger partial charge is 0.484 e. The van der Waals surface area contributed by atoms with Crippen molar-refractivity contribution in [3.05, 3.63) is 60.7 Å². The summed E-state index contributed by atoms with van der Waals surface area (Å²) < 4.78 is 6.62. The normalized spacial score (nSPS) is 13.9. The quantitative estimate of drug-likeness (QED) is 0.515. The molecule has 30 heavy (non-hydrogen) atoms. The lowest BCUT2D eigenvalue weighted by atomic mass is 10.1. The smallest absolute Gasteiger partial charge is 0.264 e. The summed E-state index contributed by atoms with van der Waals surface area (Å²) in [4.78, 5) is 30.5. The molecular weight excluding hydrogens is 398 g/mol.